The first kappa shape index (κ1) is 20.3. The normalized spacial score (nSPS) is 18.3. The van der Waals surface area contributed by atoms with Gasteiger partial charge in [0.25, 0.3) is 5.91 Å². The molecule has 0 spiro atoms. The van der Waals surface area contributed by atoms with Crippen molar-refractivity contribution in [3.05, 3.63) is 65.0 Å². The molecule has 1 atom stereocenters. The van der Waals surface area contributed by atoms with E-state index in [0.717, 1.165) is 25.1 Å². The van der Waals surface area contributed by atoms with Gasteiger partial charge >= 0.3 is 0 Å². The summed E-state index contributed by atoms with van der Waals surface area (Å²) in [6.07, 6.45) is 0.883. The Hall–Kier alpha value is -2.40. The molecule has 0 bridgehead atoms. The molecule has 2 aromatic carbocycles. The molecule has 0 aliphatic carbocycles. The lowest BCUT2D eigenvalue weighted by atomic mass is 10.0. The van der Waals surface area contributed by atoms with E-state index in [1.165, 1.54) is 12.1 Å². The molecule has 1 aliphatic heterocycles. The summed E-state index contributed by atoms with van der Waals surface area (Å²) in [4.78, 5) is 17.5. The number of rotatable bonds is 4. The Morgan fingerprint density at radius 1 is 1.18 bits per heavy atom. The zero-order chi connectivity index (χ0) is 20.3. The Morgan fingerprint density at radius 3 is 2.57 bits per heavy atom. The molecule has 1 amide bonds. The number of carbonyl (C=O) groups is 1. The van der Waals surface area contributed by atoms with E-state index in [1.807, 2.05) is 17.0 Å². The third-order valence-corrected chi connectivity index (χ3v) is 5.64. The minimum atomic E-state index is -0.224. The largest absolute Gasteiger partial charge is 0.508 e. The summed E-state index contributed by atoms with van der Waals surface area (Å²) in [6.45, 7) is 9.11. The topological polar surface area (TPSA) is 43.8 Å². The molecule has 1 aliphatic rings. The van der Waals surface area contributed by atoms with Crippen LogP contribution in [0.1, 0.15) is 41.8 Å². The molecule has 4 nitrogen and oxygen atoms in total. The lowest BCUT2D eigenvalue weighted by Gasteiger charge is -2.34. The lowest BCUT2D eigenvalue weighted by Crippen LogP contribution is -2.45. The van der Waals surface area contributed by atoms with Crippen LogP contribution in [0, 0.1) is 18.7 Å². The molecule has 150 valence electrons. The fourth-order valence-corrected chi connectivity index (χ4v) is 3.93. The highest BCUT2D eigenvalue weighted by Crippen LogP contribution is 2.24. The van der Waals surface area contributed by atoms with E-state index in [0.29, 0.717) is 30.1 Å². The maximum Gasteiger partial charge on any atom is 0.254 e. The van der Waals surface area contributed by atoms with Gasteiger partial charge in [-0.15, -0.1) is 0 Å². The molecule has 0 radical (unpaired) electrons. The van der Waals surface area contributed by atoms with Crippen LogP contribution in [0.5, 0.6) is 5.75 Å². The Morgan fingerprint density at radius 2 is 1.89 bits per heavy atom. The number of benzene rings is 2. The van der Waals surface area contributed by atoms with Crippen molar-refractivity contribution in [2.45, 2.75) is 39.8 Å². The van der Waals surface area contributed by atoms with E-state index < -0.39 is 0 Å². The van der Waals surface area contributed by atoms with Crippen LogP contribution in [-0.4, -0.2) is 46.5 Å². The van der Waals surface area contributed by atoms with Gasteiger partial charge in [-0.25, -0.2) is 4.39 Å². The molecule has 2 aromatic rings. The number of amides is 1. The van der Waals surface area contributed by atoms with Crippen LogP contribution >= 0.6 is 0 Å². The van der Waals surface area contributed by atoms with Gasteiger partial charge in [-0.2, -0.15) is 0 Å². The average molecular weight is 384 g/mol. The number of hydrogen-bond acceptors (Lipinski definition) is 3. The maximum absolute atomic E-state index is 13.2. The van der Waals surface area contributed by atoms with Gasteiger partial charge in [-0.3, -0.25) is 9.69 Å². The molecule has 28 heavy (non-hydrogen) atoms. The van der Waals surface area contributed by atoms with Crippen molar-refractivity contribution >= 4 is 5.91 Å². The second-order valence-electron chi connectivity index (χ2n) is 7.96. The van der Waals surface area contributed by atoms with Gasteiger partial charge in [0.05, 0.1) is 0 Å². The first-order valence-electron chi connectivity index (χ1n) is 9.93. The number of phenols is 1. The minimum Gasteiger partial charge on any atom is -0.508 e. The van der Waals surface area contributed by atoms with Crippen LogP contribution in [0.15, 0.2) is 42.5 Å². The Labute approximate surface area is 166 Å². The molecule has 1 N–H and O–H groups in total. The third kappa shape index (κ3) is 4.53. The molecule has 0 aromatic heterocycles. The molecular formula is C23H29FN2O2. The summed E-state index contributed by atoms with van der Waals surface area (Å²) in [6, 6.07) is 12.0. The molecule has 1 heterocycles. The zero-order valence-corrected chi connectivity index (χ0v) is 16.9. The van der Waals surface area contributed by atoms with Gasteiger partial charge in [-0.05, 0) is 49.1 Å². The van der Waals surface area contributed by atoms with Gasteiger partial charge in [0.15, 0.2) is 0 Å². The van der Waals surface area contributed by atoms with Gasteiger partial charge in [0.2, 0.25) is 0 Å². The number of phenolic OH excluding ortho intramolecular Hbond substituents is 1. The van der Waals surface area contributed by atoms with E-state index in [1.54, 1.807) is 25.1 Å². The molecule has 3 rings (SSSR count). The molecule has 1 saturated heterocycles. The fraction of sp³-hybridized carbons (Fsp3) is 0.435. The van der Waals surface area contributed by atoms with Crippen LogP contribution in [-0.2, 0) is 6.54 Å². The highest BCUT2D eigenvalue weighted by atomic mass is 19.1. The van der Waals surface area contributed by atoms with Crippen LogP contribution < -0.4 is 0 Å². The SMILES string of the molecule is Cc1c(O)cccc1C(=O)N1CCCN(Cc2ccc(F)cc2)[C@H](C(C)C)C1. The fourth-order valence-electron chi connectivity index (χ4n) is 3.93. The predicted octanol–water partition coefficient (Wildman–Crippen LogP) is 4.21. The lowest BCUT2D eigenvalue weighted by molar-refractivity contribution is 0.0701. The number of carbonyl (C=O) groups excluding carboxylic acids is 1. The monoisotopic (exact) mass is 384 g/mol. The molecule has 0 unspecified atom stereocenters. The Balaban J connectivity index is 1.79. The summed E-state index contributed by atoms with van der Waals surface area (Å²) >= 11 is 0. The highest BCUT2D eigenvalue weighted by molar-refractivity contribution is 5.96. The van der Waals surface area contributed by atoms with Crippen molar-refractivity contribution in [1.29, 1.82) is 0 Å². The summed E-state index contributed by atoms with van der Waals surface area (Å²) in [5.74, 6) is 0.277. The summed E-state index contributed by atoms with van der Waals surface area (Å²) in [7, 11) is 0. The van der Waals surface area contributed by atoms with Crippen LogP contribution in [0.25, 0.3) is 0 Å². The van der Waals surface area contributed by atoms with Gasteiger partial charge in [0.1, 0.15) is 11.6 Å². The van der Waals surface area contributed by atoms with Crippen molar-refractivity contribution in [2.75, 3.05) is 19.6 Å². The van der Waals surface area contributed by atoms with Gasteiger partial charge < -0.3 is 10.0 Å². The number of nitrogens with zero attached hydrogens (tertiary/aromatic N) is 2. The summed E-state index contributed by atoms with van der Waals surface area (Å²) < 4.78 is 13.2. The van der Waals surface area contributed by atoms with Gasteiger partial charge in [0, 0.05) is 43.3 Å². The second kappa shape index (κ2) is 8.74. The third-order valence-electron chi connectivity index (χ3n) is 5.64. The van der Waals surface area contributed by atoms with Crippen molar-refractivity contribution in [3.63, 3.8) is 0 Å². The Bertz CT molecular complexity index is 820. The molecule has 0 saturated carbocycles. The highest BCUT2D eigenvalue weighted by Gasteiger charge is 2.30. The Kier molecular flexibility index (Phi) is 6.35. The van der Waals surface area contributed by atoms with E-state index in [2.05, 4.69) is 18.7 Å². The number of halogens is 1. The summed E-state index contributed by atoms with van der Waals surface area (Å²) in [5.41, 5.74) is 2.27. The number of aromatic hydroxyl groups is 1. The van der Waals surface area contributed by atoms with E-state index >= 15 is 0 Å². The van der Waals surface area contributed by atoms with E-state index in [9.17, 15) is 14.3 Å². The molecule has 5 heteroatoms. The smallest absolute Gasteiger partial charge is 0.254 e. The van der Waals surface area contributed by atoms with Crippen LogP contribution in [0.4, 0.5) is 4.39 Å². The molecular weight excluding hydrogens is 355 g/mol. The van der Waals surface area contributed by atoms with Crippen molar-refractivity contribution in [1.82, 2.24) is 9.80 Å². The predicted molar refractivity (Wildman–Crippen MR) is 109 cm³/mol. The van der Waals surface area contributed by atoms with Crippen molar-refractivity contribution in [2.24, 2.45) is 5.92 Å². The first-order valence-corrected chi connectivity index (χ1v) is 9.93. The first-order chi connectivity index (χ1) is 13.4. The van der Waals surface area contributed by atoms with Crippen molar-refractivity contribution in [3.8, 4) is 5.75 Å². The quantitative estimate of drug-likeness (QED) is 0.859. The second-order valence-corrected chi connectivity index (χ2v) is 7.96. The van der Waals surface area contributed by atoms with E-state index in [4.69, 9.17) is 0 Å². The van der Waals surface area contributed by atoms with Gasteiger partial charge in [-0.1, -0.05) is 32.0 Å². The zero-order valence-electron chi connectivity index (χ0n) is 16.9. The van der Waals surface area contributed by atoms with Crippen LogP contribution in [0.3, 0.4) is 0 Å². The standard InChI is InChI=1S/C23H29FN2O2/c1-16(2)21-15-26(23(28)20-6-4-7-22(27)17(20)3)13-5-12-25(21)14-18-8-10-19(24)11-9-18/h4,6-11,16,21,27H,5,12-15H2,1-3H3/t21-/m0/s1. The van der Waals surface area contributed by atoms with E-state index in [-0.39, 0.29) is 23.5 Å². The van der Waals surface area contributed by atoms with Crippen LogP contribution in [0.2, 0.25) is 0 Å². The minimum absolute atomic E-state index is 0.0253. The van der Waals surface area contributed by atoms with Crippen molar-refractivity contribution < 1.29 is 14.3 Å². The summed E-state index contributed by atoms with van der Waals surface area (Å²) in [5, 5.41) is 9.96. The molecule has 1 fully saturated rings. The average Bonchev–Trinajstić information content (AvgIpc) is 2.88. The number of hydrogen-bond donors (Lipinski definition) is 1. The maximum atomic E-state index is 13.2.